The van der Waals surface area contributed by atoms with Crippen molar-refractivity contribution in [1.82, 2.24) is 9.88 Å². The van der Waals surface area contributed by atoms with Crippen molar-refractivity contribution in [3.05, 3.63) is 107 Å². The number of hydrogen-bond acceptors (Lipinski definition) is 4. The highest BCUT2D eigenvalue weighted by molar-refractivity contribution is 7.13. The Morgan fingerprint density at radius 2 is 1.78 bits per heavy atom. The molecule has 162 valence electrons. The maximum atomic E-state index is 13.9. The smallest absolute Gasteiger partial charge is 0.273 e. The predicted octanol–water partition coefficient (Wildman–Crippen LogP) is 5.94. The number of nitrogens with zero attached hydrogens (tertiary/aromatic N) is 2. The van der Waals surface area contributed by atoms with Gasteiger partial charge in [-0.2, -0.15) is 0 Å². The minimum absolute atomic E-state index is 0.0555. The van der Waals surface area contributed by atoms with Gasteiger partial charge in [-0.1, -0.05) is 42.5 Å². The molecule has 4 rings (SSSR count). The minimum atomic E-state index is -0.661. The fraction of sp³-hybridized carbons (Fsp3) is 0.120. The monoisotopic (exact) mass is 450 g/mol. The Hall–Kier alpha value is -3.58. The van der Waals surface area contributed by atoms with Crippen LogP contribution >= 0.6 is 11.3 Å². The van der Waals surface area contributed by atoms with Gasteiger partial charge in [-0.3, -0.25) is 4.79 Å². The molecule has 0 radical (unpaired) electrons. The molecule has 0 N–H and O–H groups in total. The van der Waals surface area contributed by atoms with Crippen LogP contribution < -0.4 is 4.74 Å². The Morgan fingerprint density at radius 1 is 1.03 bits per heavy atom. The van der Waals surface area contributed by atoms with Crippen molar-refractivity contribution in [2.24, 2.45) is 0 Å². The van der Waals surface area contributed by atoms with E-state index < -0.39 is 11.6 Å². The number of halogens is 2. The Balaban J connectivity index is 1.49. The first-order chi connectivity index (χ1) is 15.5. The van der Waals surface area contributed by atoms with Crippen molar-refractivity contribution >= 4 is 17.2 Å². The summed E-state index contributed by atoms with van der Waals surface area (Å²) in [6.45, 7) is 0.426. The van der Waals surface area contributed by atoms with E-state index in [1.54, 1.807) is 29.5 Å². The Kier molecular flexibility index (Phi) is 6.56. The van der Waals surface area contributed by atoms with Gasteiger partial charge in [0, 0.05) is 30.6 Å². The summed E-state index contributed by atoms with van der Waals surface area (Å²) in [4.78, 5) is 19.0. The highest BCUT2D eigenvalue weighted by Gasteiger charge is 2.18. The van der Waals surface area contributed by atoms with Crippen LogP contribution in [0.25, 0.3) is 10.6 Å². The third-order valence-corrected chi connectivity index (χ3v) is 5.72. The van der Waals surface area contributed by atoms with Crippen LogP contribution in [0.5, 0.6) is 5.75 Å². The highest BCUT2D eigenvalue weighted by atomic mass is 32.1. The lowest BCUT2D eigenvalue weighted by molar-refractivity contribution is 0.0780. The molecule has 0 spiro atoms. The van der Waals surface area contributed by atoms with Crippen LogP contribution in [0.3, 0.4) is 0 Å². The minimum Gasteiger partial charge on any atom is -0.488 e. The summed E-state index contributed by atoms with van der Waals surface area (Å²) in [6.07, 6.45) is 0. The third kappa shape index (κ3) is 5.00. The molecular formula is C25H20F2N2O2S. The number of carbonyl (C=O) groups is 1. The van der Waals surface area contributed by atoms with Crippen LogP contribution in [0.2, 0.25) is 0 Å². The van der Waals surface area contributed by atoms with Gasteiger partial charge in [0.1, 0.15) is 34.7 Å². The molecule has 7 heteroatoms. The summed E-state index contributed by atoms with van der Waals surface area (Å²) in [6, 6.07) is 20.3. The normalized spacial score (nSPS) is 10.7. The van der Waals surface area contributed by atoms with E-state index in [-0.39, 0.29) is 18.1 Å². The van der Waals surface area contributed by atoms with E-state index in [2.05, 4.69) is 4.98 Å². The number of rotatable bonds is 7. The van der Waals surface area contributed by atoms with Gasteiger partial charge in [0.25, 0.3) is 5.91 Å². The molecule has 4 nitrogen and oxygen atoms in total. The van der Waals surface area contributed by atoms with E-state index in [0.29, 0.717) is 28.6 Å². The molecule has 1 heterocycles. The zero-order valence-electron chi connectivity index (χ0n) is 17.3. The van der Waals surface area contributed by atoms with E-state index in [4.69, 9.17) is 4.74 Å². The van der Waals surface area contributed by atoms with Crippen molar-refractivity contribution in [2.75, 3.05) is 7.05 Å². The quantitative estimate of drug-likeness (QED) is 0.350. The number of aromatic nitrogens is 1. The molecule has 0 aliphatic carbocycles. The predicted molar refractivity (Wildman–Crippen MR) is 120 cm³/mol. The molecule has 0 aliphatic rings. The van der Waals surface area contributed by atoms with Crippen LogP contribution in [-0.2, 0) is 13.2 Å². The zero-order chi connectivity index (χ0) is 22.5. The first-order valence-corrected chi connectivity index (χ1v) is 10.8. The second-order valence-electron chi connectivity index (χ2n) is 7.21. The van der Waals surface area contributed by atoms with Crippen molar-refractivity contribution in [3.63, 3.8) is 0 Å². The number of ether oxygens (including phenoxy) is 1. The van der Waals surface area contributed by atoms with Gasteiger partial charge in [0.15, 0.2) is 0 Å². The van der Waals surface area contributed by atoms with Gasteiger partial charge in [-0.05, 0) is 29.8 Å². The molecule has 4 aromatic rings. The van der Waals surface area contributed by atoms with E-state index in [0.717, 1.165) is 11.6 Å². The van der Waals surface area contributed by atoms with Crippen LogP contribution in [0.15, 0.2) is 78.2 Å². The summed E-state index contributed by atoms with van der Waals surface area (Å²) >= 11 is 1.33. The molecule has 1 amide bonds. The van der Waals surface area contributed by atoms with E-state index in [9.17, 15) is 13.6 Å². The zero-order valence-corrected chi connectivity index (χ0v) is 18.1. The SMILES string of the molecule is CN(Cc1ccccc1)C(=O)c1csc(-c2ccccc2OCc2ccc(F)cc2F)n1. The van der Waals surface area contributed by atoms with Crippen molar-refractivity contribution in [3.8, 4) is 16.3 Å². The average Bonchev–Trinajstić information content (AvgIpc) is 3.29. The molecule has 0 fully saturated rings. The number of para-hydroxylation sites is 1. The number of hydrogen-bond donors (Lipinski definition) is 0. The summed E-state index contributed by atoms with van der Waals surface area (Å²) in [5, 5.41) is 2.34. The average molecular weight is 451 g/mol. The summed E-state index contributed by atoms with van der Waals surface area (Å²) in [5.74, 6) is -0.972. The van der Waals surface area contributed by atoms with Gasteiger partial charge in [-0.25, -0.2) is 13.8 Å². The van der Waals surface area contributed by atoms with E-state index >= 15 is 0 Å². The van der Waals surface area contributed by atoms with Gasteiger partial charge in [0.2, 0.25) is 0 Å². The van der Waals surface area contributed by atoms with Crippen LogP contribution in [0, 0.1) is 11.6 Å². The van der Waals surface area contributed by atoms with Crippen LogP contribution in [0.4, 0.5) is 8.78 Å². The first-order valence-electron chi connectivity index (χ1n) is 9.92. The van der Waals surface area contributed by atoms with Gasteiger partial charge in [0.05, 0.1) is 5.56 Å². The Morgan fingerprint density at radius 3 is 2.56 bits per heavy atom. The topological polar surface area (TPSA) is 42.4 Å². The maximum Gasteiger partial charge on any atom is 0.273 e. The second-order valence-corrected chi connectivity index (χ2v) is 8.06. The largest absolute Gasteiger partial charge is 0.488 e. The fourth-order valence-corrected chi connectivity index (χ4v) is 4.01. The fourth-order valence-electron chi connectivity index (χ4n) is 3.18. The van der Waals surface area contributed by atoms with E-state index in [1.807, 2.05) is 42.5 Å². The van der Waals surface area contributed by atoms with E-state index in [1.165, 1.54) is 23.5 Å². The summed E-state index contributed by atoms with van der Waals surface area (Å²) in [5.41, 5.74) is 2.33. The molecule has 32 heavy (non-hydrogen) atoms. The molecule has 0 saturated heterocycles. The first kappa shape index (κ1) is 21.6. The Labute approximate surface area is 188 Å². The molecule has 1 aromatic heterocycles. The molecule has 3 aromatic carbocycles. The van der Waals surface area contributed by atoms with Gasteiger partial charge in [-0.15, -0.1) is 11.3 Å². The van der Waals surface area contributed by atoms with Gasteiger partial charge >= 0.3 is 0 Å². The summed E-state index contributed by atoms with van der Waals surface area (Å²) in [7, 11) is 1.74. The lowest BCUT2D eigenvalue weighted by Crippen LogP contribution is -2.26. The number of thiazole rings is 1. The second kappa shape index (κ2) is 9.70. The lowest BCUT2D eigenvalue weighted by atomic mass is 10.2. The summed E-state index contributed by atoms with van der Waals surface area (Å²) < 4.78 is 32.9. The number of amides is 1. The van der Waals surface area contributed by atoms with Crippen molar-refractivity contribution in [1.29, 1.82) is 0 Å². The number of carbonyl (C=O) groups excluding carboxylic acids is 1. The molecular weight excluding hydrogens is 430 g/mol. The molecule has 0 atom stereocenters. The van der Waals surface area contributed by atoms with Crippen LogP contribution in [-0.4, -0.2) is 22.8 Å². The third-order valence-electron chi connectivity index (χ3n) is 4.85. The molecule has 0 saturated carbocycles. The number of benzene rings is 3. The maximum absolute atomic E-state index is 13.9. The standard InChI is InChI=1S/C25H20F2N2O2S/c1-29(14-17-7-3-2-4-8-17)25(30)22-16-32-24(28-22)20-9-5-6-10-23(20)31-15-18-11-12-19(26)13-21(18)27/h2-13,16H,14-15H2,1H3. The molecule has 0 aliphatic heterocycles. The molecule has 0 bridgehead atoms. The molecule has 0 unspecified atom stereocenters. The lowest BCUT2D eigenvalue weighted by Gasteiger charge is -2.15. The Bertz CT molecular complexity index is 1230. The van der Waals surface area contributed by atoms with Gasteiger partial charge < -0.3 is 9.64 Å². The van der Waals surface area contributed by atoms with Crippen LogP contribution in [0.1, 0.15) is 21.6 Å². The highest BCUT2D eigenvalue weighted by Crippen LogP contribution is 2.33. The van der Waals surface area contributed by atoms with Crippen molar-refractivity contribution < 1.29 is 18.3 Å². The van der Waals surface area contributed by atoms with Crippen molar-refractivity contribution in [2.45, 2.75) is 13.2 Å².